The first-order valence-electron chi connectivity index (χ1n) is 10.3. The highest BCUT2D eigenvalue weighted by molar-refractivity contribution is 5.88. The van der Waals surface area contributed by atoms with Crippen molar-refractivity contribution in [2.24, 2.45) is 0 Å². The zero-order chi connectivity index (χ0) is 22.3. The molecule has 5 heteroatoms. The molecular formula is C27H24N2O3. The van der Waals surface area contributed by atoms with Crippen molar-refractivity contribution in [3.05, 3.63) is 120 Å². The molecule has 160 valence electrons. The third kappa shape index (κ3) is 5.46. The number of nitrogens with two attached hydrogens (primary N) is 2. The first-order valence-corrected chi connectivity index (χ1v) is 10.3. The van der Waals surface area contributed by atoms with Gasteiger partial charge in [-0.3, -0.25) is 0 Å². The minimum absolute atomic E-state index is 0.140. The molecule has 0 aliphatic heterocycles. The first-order chi connectivity index (χ1) is 15.6. The van der Waals surface area contributed by atoms with Gasteiger partial charge in [0.2, 0.25) is 0 Å². The number of carbonyl (C=O) groups is 1. The van der Waals surface area contributed by atoms with E-state index in [1.165, 1.54) is 17.2 Å². The molecule has 0 saturated carbocycles. The molecule has 4 N–H and O–H groups in total. The van der Waals surface area contributed by atoms with Gasteiger partial charge >= 0.3 is 5.97 Å². The molecule has 0 radical (unpaired) electrons. The minimum Gasteiger partial charge on any atom is -0.465 e. The van der Waals surface area contributed by atoms with Gasteiger partial charge in [0.15, 0.2) is 0 Å². The number of nitrogen functional groups attached to an aromatic ring is 2. The smallest absolute Gasteiger partial charge is 0.336 e. The maximum absolute atomic E-state index is 12.0. The Hall–Kier alpha value is -4.25. The molecule has 5 nitrogen and oxygen atoms in total. The van der Waals surface area contributed by atoms with Crippen molar-refractivity contribution in [3.63, 3.8) is 0 Å². The number of furan rings is 1. The van der Waals surface area contributed by atoms with Gasteiger partial charge in [0.1, 0.15) is 11.5 Å². The van der Waals surface area contributed by atoms with Crippen molar-refractivity contribution in [3.8, 4) is 5.75 Å². The lowest BCUT2D eigenvalue weighted by molar-refractivity contribution is -0.128. The van der Waals surface area contributed by atoms with E-state index in [9.17, 15) is 4.79 Å². The van der Waals surface area contributed by atoms with E-state index in [2.05, 4.69) is 24.3 Å². The van der Waals surface area contributed by atoms with E-state index in [0.717, 1.165) is 23.4 Å². The number of ether oxygens (including phenoxy) is 1. The van der Waals surface area contributed by atoms with E-state index in [1.807, 2.05) is 36.4 Å². The lowest BCUT2D eigenvalue weighted by atomic mass is 9.86. The second-order valence-corrected chi connectivity index (χ2v) is 7.50. The second kappa shape index (κ2) is 9.71. The summed E-state index contributed by atoms with van der Waals surface area (Å²) in [4.78, 5) is 12.0. The van der Waals surface area contributed by atoms with E-state index in [-0.39, 0.29) is 5.92 Å². The fraction of sp³-hybridized carbons (Fsp3) is 0.0741. The fourth-order valence-electron chi connectivity index (χ4n) is 3.50. The van der Waals surface area contributed by atoms with Crippen LogP contribution in [0.1, 0.15) is 28.4 Å². The van der Waals surface area contributed by atoms with E-state index in [1.54, 1.807) is 36.6 Å². The Bertz CT molecular complexity index is 1130. The van der Waals surface area contributed by atoms with Gasteiger partial charge in [-0.15, -0.1) is 0 Å². The van der Waals surface area contributed by atoms with Gasteiger partial charge in [-0.05, 0) is 77.7 Å². The van der Waals surface area contributed by atoms with E-state index in [4.69, 9.17) is 20.6 Å². The molecule has 0 saturated heterocycles. The molecule has 0 amide bonds. The zero-order valence-electron chi connectivity index (χ0n) is 17.5. The molecule has 0 unspecified atom stereocenters. The van der Waals surface area contributed by atoms with Crippen LogP contribution >= 0.6 is 0 Å². The summed E-state index contributed by atoms with van der Waals surface area (Å²) >= 11 is 0. The Balaban J connectivity index is 1.48. The summed E-state index contributed by atoms with van der Waals surface area (Å²) in [6.07, 6.45) is 5.23. The Morgan fingerprint density at radius 1 is 0.844 bits per heavy atom. The van der Waals surface area contributed by atoms with Crippen molar-refractivity contribution in [2.75, 3.05) is 11.5 Å². The predicted octanol–water partition coefficient (Wildman–Crippen LogP) is 5.44. The number of carbonyl (C=O) groups excluding carboxylic acids is 1. The lowest BCUT2D eigenvalue weighted by Gasteiger charge is -2.19. The summed E-state index contributed by atoms with van der Waals surface area (Å²) in [5.74, 6) is 0.754. The highest BCUT2D eigenvalue weighted by Crippen LogP contribution is 2.30. The third-order valence-electron chi connectivity index (χ3n) is 5.19. The zero-order valence-corrected chi connectivity index (χ0v) is 17.5. The van der Waals surface area contributed by atoms with Gasteiger partial charge in [0, 0.05) is 23.4 Å². The van der Waals surface area contributed by atoms with Crippen molar-refractivity contribution >= 4 is 23.4 Å². The van der Waals surface area contributed by atoms with Crippen LogP contribution in [-0.2, 0) is 11.2 Å². The Labute approximate surface area is 186 Å². The maximum Gasteiger partial charge on any atom is 0.336 e. The number of hydrogen-bond acceptors (Lipinski definition) is 5. The third-order valence-corrected chi connectivity index (χ3v) is 5.19. The Morgan fingerprint density at radius 2 is 1.44 bits per heavy atom. The molecule has 1 aromatic heterocycles. The molecule has 1 heterocycles. The van der Waals surface area contributed by atoms with Crippen LogP contribution in [0.2, 0.25) is 0 Å². The number of hydrogen-bond donors (Lipinski definition) is 2. The monoisotopic (exact) mass is 424 g/mol. The van der Waals surface area contributed by atoms with Crippen LogP contribution in [0.3, 0.4) is 0 Å². The molecule has 32 heavy (non-hydrogen) atoms. The quantitative estimate of drug-likeness (QED) is 0.178. The highest BCUT2D eigenvalue weighted by Gasteiger charge is 2.15. The van der Waals surface area contributed by atoms with Crippen LogP contribution < -0.4 is 16.2 Å². The van der Waals surface area contributed by atoms with Gasteiger partial charge < -0.3 is 20.6 Å². The van der Waals surface area contributed by atoms with Gasteiger partial charge in [0.05, 0.1) is 6.26 Å². The molecule has 0 atom stereocenters. The highest BCUT2D eigenvalue weighted by atomic mass is 16.5. The predicted molar refractivity (Wildman–Crippen MR) is 127 cm³/mol. The molecule has 4 rings (SSSR count). The van der Waals surface area contributed by atoms with E-state index >= 15 is 0 Å². The summed E-state index contributed by atoms with van der Waals surface area (Å²) in [6, 6.07) is 26.9. The number of benzene rings is 3. The van der Waals surface area contributed by atoms with Crippen molar-refractivity contribution < 1.29 is 13.9 Å². The average molecular weight is 425 g/mol. The largest absolute Gasteiger partial charge is 0.465 e. The Morgan fingerprint density at radius 3 is 1.97 bits per heavy atom. The van der Waals surface area contributed by atoms with Crippen LogP contribution in [-0.4, -0.2) is 5.97 Å². The van der Waals surface area contributed by atoms with Crippen LogP contribution in [0, 0.1) is 0 Å². The van der Waals surface area contributed by atoms with E-state index in [0.29, 0.717) is 11.5 Å². The fourth-order valence-corrected chi connectivity index (χ4v) is 3.50. The van der Waals surface area contributed by atoms with Crippen LogP contribution in [0.25, 0.3) is 6.08 Å². The molecular weight excluding hydrogens is 400 g/mol. The van der Waals surface area contributed by atoms with Gasteiger partial charge in [-0.25, -0.2) is 4.79 Å². The molecule has 0 bridgehead atoms. The molecule has 0 spiro atoms. The molecule has 3 aromatic carbocycles. The lowest BCUT2D eigenvalue weighted by Crippen LogP contribution is -2.06. The molecule has 0 aliphatic carbocycles. The van der Waals surface area contributed by atoms with Crippen molar-refractivity contribution in [1.82, 2.24) is 0 Å². The standard InChI is InChI=1S/C27H24N2O3/c28-22-9-5-20(6-10-22)26(21-7-11-23(29)12-8-21)18-19-3-13-25(14-4-19)32-27(30)16-15-24-2-1-17-31-24/h1-17,26H,18,28-29H2/b16-15+. The average Bonchev–Trinajstić information content (AvgIpc) is 3.32. The molecule has 0 aliphatic rings. The summed E-state index contributed by atoms with van der Waals surface area (Å²) in [6.45, 7) is 0. The number of anilines is 2. The number of esters is 1. The van der Waals surface area contributed by atoms with Gasteiger partial charge in [0.25, 0.3) is 0 Å². The second-order valence-electron chi connectivity index (χ2n) is 7.50. The van der Waals surface area contributed by atoms with Gasteiger partial charge in [-0.2, -0.15) is 0 Å². The summed E-state index contributed by atoms with van der Waals surface area (Å²) in [5, 5.41) is 0. The van der Waals surface area contributed by atoms with Crippen molar-refractivity contribution in [2.45, 2.75) is 12.3 Å². The number of rotatable bonds is 7. The summed E-state index contributed by atoms with van der Waals surface area (Å²) in [7, 11) is 0. The Kier molecular flexibility index (Phi) is 6.37. The van der Waals surface area contributed by atoms with Crippen LogP contribution in [0.4, 0.5) is 11.4 Å². The molecule has 4 aromatic rings. The van der Waals surface area contributed by atoms with Crippen LogP contribution in [0.15, 0.2) is 102 Å². The van der Waals surface area contributed by atoms with Gasteiger partial charge in [-0.1, -0.05) is 36.4 Å². The SMILES string of the molecule is Nc1ccc(C(Cc2ccc(OC(=O)/C=C/c3ccco3)cc2)c2ccc(N)cc2)cc1. The minimum atomic E-state index is -0.462. The first kappa shape index (κ1) is 21.0. The molecule has 0 fully saturated rings. The van der Waals surface area contributed by atoms with E-state index < -0.39 is 5.97 Å². The summed E-state index contributed by atoms with van der Waals surface area (Å²) < 4.78 is 10.5. The summed E-state index contributed by atoms with van der Waals surface area (Å²) in [5.41, 5.74) is 16.7. The van der Waals surface area contributed by atoms with Crippen LogP contribution in [0.5, 0.6) is 5.75 Å². The normalized spacial score (nSPS) is 11.2. The topological polar surface area (TPSA) is 91.5 Å². The van der Waals surface area contributed by atoms with Crippen molar-refractivity contribution in [1.29, 1.82) is 0 Å². The maximum atomic E-state index is 12.0.